The highest BCUT2D eigenvalue weighted by Crippen LogP contribution is 2.48. The van der Waals surface area contributed by atoms with Crippen molar-refractivity contribution in [2.75, 3.05) is 0 Å². The van der Waals surface area contributed by atoms with Crippen LogP contribution in [0.5, 0.6) is 11.5 Å². The van der Waals surface area contributed by atoms with Gasteiger partial charge in [-0.1, -0.05) is 97.1 Å². The second kappa shape index (κ2) is 12.0. The third kappa shape index (κ3) is 5.65. The number of rotatable bonds is 7. The lowest BCUT2D eigenvalue weighted by Gasteiger charge is -2.21. The quantitative estimate of drug-likeness (QED) is 0.145. The summed E-state index contributed by atoms with van der Waals surface area (Å²) in [5.41, 5.74) is 5.73. The van der Waals surface area contributed by atoms with Gasteiger partial charge in [-0.2, -0.15) is 0 Å². The molecule has 0 aliphatic heterocycles. The van der Waals surface area contributed by atoms with Crippen LogP contribution < -0.4 is 9.47 Å². The highest BCUT2D eigenvalue weighted by molar-refractivity contribution is 5.99. The molecular weight excluding hydrogens is 472 g/mol. The van der Waals surface area contributed by atoms with Gasteiger partial charge in [-0.15, -0.1) is 0 Å². The minimum atomic E-state index is -0.476. The zero-order chi connectivity index (χ0) is 27.1. The van der Waals surface area contributed by atoms with Crippen LogP contribution in [0.3, 0.4) is 0 Å². The van der Waals surface area contributed by atoms with Gasteiger partial charge in [0.2, 0.25) is 0 Å². The molecule has 0 aliphatic rings. The average molecular weight is 503 g/mol. The van der Waals surface area contributed by atoms with E-state index in [0.717, 1.165) is 22.3 Å². The fourth-order valence-electron chi connectivity index (χ4n) is 4.02. The molecule has 0 bridgehead atoms. The zero-order valence-electron chi connectivity index (χ0n) is 22.0. The summed E-state index contributed by atoms with van der Waals surface area (Å²) in [6.07, 6.45) is 3.41. The lowest BCUT2D eigenvalue weighted by Crippen LogP contribution is -2.13. The predicted octanol–water partition coefficient (Wildman–Crippen LogP) is 8.43. The first-order chi connectivity index (χ1) is 18.4. The lowest BCUT2D eigenvalue weighted by atomic mass is 9.90. The standard InChI is InChI=1S/C34H30O4/c1-5-23(3)33(35)37-30-22-21-28(26-17-11-8-12-18-26)32(38-34(36)24(4)6-2)31(30)29-20-14-13-19-27(29)25-15-9-7-10-16-25/h5-22H,1-4H3/b23-5+,24-6+. The lowest BCUT2D eigenvalue weighted by molar-refractivity contribution is -0.130. The molecule has 0 atom stereocenters. The molecule has 0 fully saturated rings. The van der Waals surface area contributed by atoms with Crippen LogP contribution >= 0.6 is 0 Å². The van der Waals surface area contributed by atoms with Crippen molar-refractivity contribution in [1.82, 2.24) is 0 Å². The summed E-state index contributed by atoms with van der Waals surface area (Å²) in [5, 5.41) is 0. The third-order valence-corrected chi connectivity index (χ3v) is 6.39. The minimum Gasteiger partial charge on any atom is -0.422 e. The molecule has 190 valence electrons. The maximum Gasteiger partial charge on any atom is 0.338 e. The summed E-state index contributed by atoms with van der Waals surface area (Å²) in [4.78, 5) is 26.1. The van der Waals surface area contributed by atoms with E-state index in [0.29, 0.717) is 33.8 Å². The number of benzene rings is 4. The number of ether oxygens (including phenoxy) is 2. The molecule has 0 saturated carbocycles. The third-order valence-electron chi connectivity index (χ3n) is 6.39. The van der Waals surface area contributed by atoms with E-state index in [2.05, 4.69) is 0 Å². The number of carbonyl (C=O) groups excluding carboxylic acids is 2. The highest BCUT2D eigenvalue weighted by atomic mass is 16.5. The van der Waals surface area contributed by atoms with Crippen molar-refractivity contribution in [1.29, 1.82) is 0 Å². The van der Waals surface area contributed by atoms with E-state index < -0.39 is 11.9 Å². The fraction of sp³-hybridized carbons (Fsp3) is 0.118. The van der Waals surface area contributed by atoms with E-state index in [4.69, 9.17) is 9.47 Å². The molecule has 0 aromatic heterocycles. The Kier molecular flexibility index (Phi) is 8.34. The van der Waals surface area contributed by atoms with Crippen LogP contribution in [0.25, 0.3) is 33.4 Å². The van der Waals surface area contributed by atoms with Crippen LogP contribution in [0.1, 0.15) is 27.7 Å². The van der Waals surface area contributed by atoms with E-state index in [-0.39, 0.29) is 0 Å². The average Bonchev–Trinajstić information content (AvgIpc) is 2.97. The Hall–Kier alpha value is -4.70. The minimum absolute atomic E-state index is 0.306. The molecule has 0 unspecified atom stereocenters. The SMILES string of the molecule is C/C=C(\C)C(=O)Oc1ccc(-c2ccccc2)c(OC(=O)/C(C)=C/C)c1-c1ccccc1-c1ccccc1. The van der Waals surface area contributed by atoms with Gasteiger partial charge in [0.05, 0.1) is 5.56 Å². The molecule has 0 saturated heterocycles. The van der Waals surface area contributed by atoms with Crippen LogP contribution in [0.4, 0.5) is 0 Å². The van der Waals surface area contributed by atoms with Crippen molar-refractivity contribution < 1.29 is 19.1 Å². The highest BCUT2D eigenvalue weighted by Gasteiger charge is 2.25. The Bertz CT molecular complexity index is 1510. The van der Waals surface area contributed by atoms with Gasteiger partial charge in [0.1, 0.15) is 5.75 Å². The van der Waals surface area contributed by atoms with E-state index in [1.165, 1.54) is 0 Å². The van der Waals surface area contributed by atoms with Gasteiger partial charge >= 0.3 is 11.9 Å². The summed E-state index contributed by atoms with van der Waals surface area (Å²) in [7, 11) is 0. The first kappa shape index (κ1) is 26.4. The van der Waals surface area contributed by atoms with Crippen LogP contribution in [-0.2, 0) is 9.59 Å². The van der Waals surface area contributed by atoms with Crippen molar-refractivity contribution in [2.24, 2.45) is 0 Å². The molecule has 0 N–H and O–H groups in total. The summed E-state index contributed by atoms with van der Waals surface area (Å²) < 4.78 is 12.1. The molecule has 0 heterocycles. The molecule has 0 radical (unpaired) electrons. The van der Waals surface area contributed by atoms with Crippen molar-refractivity contribution >= 4 is 11.9 Å². The van der Waals surface area contributed by atoms with Gasteiger partial charge in [-0.3, -0.25) is 0 Å². The Morgan fingerprint density at radius 2 is 1.03 bits per heavy atom. The van der Waals surface area contributed by atoms with Crippen molar-refractivity contribution in [3.8, 4) is 44.9 Å². The van der Waals surface area contributed by atoms with Gasteiger partial charge in [0.25, 0.3) is 0 Å². The first-order valence-electron chi connectivity index (χ1n) is 12.5. The summed E-state index contributed by atoms with van der Waals surface area (Å²) in [6.45, 7) is 6.99. The fourth-order valence-corrected chi connectivity index (χ4v) is 4.02. The Morgan fingerprint density at radius 3 is 1.58 bits per heavy atom. The number of hydrogen-bond donors (Lipinski definition) is 0. The molecule has 0 aliphatic carbocycles. The number of carbonyl (C=O) groups is 2. The molecule has 4 aromatic rings. The van der Waals surface area contributed by atoms with Crippen molar-refractivity contribution in [2.45, 2.75) is 27.7 Å². The molecular formula is C34H30O4. The van der Waals surface area contributed by atoms with Gasteiger partial charge in [-0.25, -0.2) is 9.59 Å². The smallest absolute Gasteiger partial charge is 0.338 e. The number of esters is 2. The Balaban J connectivity index is 2.07. The van der Waals surface area contributed by atoms with Crippen LogP contribution in [0, 0.1) is 0 Å². The maximum atomic E-state index is 13.1. The van der Waals surface area contributed by atoms with Crippen LogP contribution in [0.15, 0.2) is 120 Å². The summed E-state index contributed by atoms with van der Waals surface area (Å²) in [6, 6.07) is 31.1. The summed E-state index contributed by atoms with van der Waals surface area (Å²) >= 11 is 0. The van der Waals surface area contributed by atoms with Gasteiger partial charge in [0, 0.05) is 16.7 Å². The normalized spacial score (nSPS) is 11.7. The topological polar surface area (TPSA) is 52.6 Å². The van der Waals surface area contributed by atoms with Crippen molar-refractivity contribution in [3.63, 3.8) is 0 Å². The largest absolute Gasteiger partial charge is 0.422 e. The molecule has 4 aromatic carbocycles. The van der Waals surface area contributed by atoms with Crippen molar-refractivity contribution in [3.05, 3.63) is 120 Å². The Labute approximate surface area is 223 Å². The predicted molar refractivity (Wildman–Crippen MR) is 153 cm³/mol. The van der Waals surface area contributed by atoms with E-state index in [9.17, 15) is 9.59 Å². The monoisotopic (exact) mass is 502 g/mol. The molecule has 38 heavy (non-hydrogen) atoms. The number of hydrogen-bond acceptors (Lipinski definition) is 4. The van der Waals surface area contributed by atoms with E-state index >= 15 is 0 Å². The number of allylic oxidation sites excluding steroid dienone is 2. The maximum absolute atomic E-state index is 13.1. The van der Waals surface area contributed by atoms with E-state index in [1.807, 2.05) is 91.0 Å². The Morgan fingerprint density at radius 1 is 0.553 bits per heavy atom. The van der Waals surface area contributed by atoms with E-state index in [1.54, 1.807) is 45.9 Å². The van der Waals surface area contributed by atoms with Gasteiger partial charge in [0.15, 0.2) is 5.75 Å². The molecule has 4 rings (SSSR count). The second-order valence-electron chi connectivity index (χ2n) is 8.82. The molecule has 4 heteroatoms. The van der Waals surface area contributed by atoms with Crippen LogP contribution in [-0.4, -0.2) is 11.9 Å². The van der Waals surface area contributed by atoms with Gasteiger partial charge in [-0.05, 0) is 62.1 Å². The molecule has 4 nitrogen and oxygen atoms in total. The molecule has 0 amide bonds. The second-order valence-corrected chi connectivity index (χ2v) is 8.82. The molecule has 0 spiro atoms. The van der Waals surface area contributed by atoms with Gasteiger partial charge < -0.3 is 9.47 Å². The first-order valence-corrected chi connectivity index (χ1v) is 12.5. The zero-order valence-corrected chi connectivity index (χ0v) is 22.0. The summed E-state index contributed by atoms with van der Waals surface area (Å²) in [5.74, 6) is -0.314. The van der Waals surface area contributed by atoms with Crippen LogP contribution in [0.2, 0.25) is 0 Å².